The molecule has 24 heavy (non-hydrogen) atoms. The van der Waals surface area contributed by atoms with Gasteiger partial charge < -0.3 is 10.1 Å². The molecule has 0 saturated carbocycles. The van der Waals surface area contributed by atoms with E-state index in [0.717, 1.165) is 5.56 Å². The molecular formula is C18H13N3O2S. The highest BCUT2D eigenvalue weighted by Crippen LogP contribution is 2.26. The summed E-state index contributed by atoms with van der Waals surface area (Å²) in [5, 5.41) is 13.4. The zero-order chi connectivity index (χ0) is 16.8. The number of rotatable bonds is 5. The number of ether oxygens (including phenoxy) is 1. The fourth-order valence-corrected chi connectivity index (χ4v) is 2.77. The molecule has 1 aromatic carbocycles. The molecule has 0 spiro atoms. The summed E-state index contributed by atoms with van der Waals surface area (Å²) >= 11 is 1.32. The molecule has 0 aliphatic heterocycles. The van der Waals surface area contributed by atoms with Gasteiger partial charge in [0.05, 0.1) is 23.5 Å². The van der Waals surface area contributed by atoms with Gasteiger partial charge in [0.15, 0.2) is 0 Å². The van der Waals surface area contributed by atoms with E-state index in [4.69, 9.17) is 10.00 Å². The van der Waals surface area contributed by atoms with E-state index in [1.165, 1.54) is 11.3 Å². The number of hydrogen-bond donors (Lipinski definition) is 1. The first-order valence-corrected chi connectivity index (χ1v) is 8.05. The monoisotopic (exact) mass is 335 g/mol. The first-order chi connectivity index (χ1) is 11.8. The summed E-state index contributed by atoms with van der Waals surface area (Å²) in [6.07, 6.45) is 3.23. The molecular weight excluding hydrogens is 322 g/mol. The van der Waals surface area contributed by atoms with Crippen molar-refractivity contribution < 1.29 is 9.53 Å². The van der Waals surface area contributed by atoms with Gasteiger partial charge in [0.2, 0.25) is 0 Å². The molecule has 1 amide bonds. The first-order valence-electron chi connectivity index (χ1n) is 7.17. The quantitative estimate of drug-likeness (QED) is 0.768. The zero-order valence-corrected chi connectivity index (χ0v) is 13.4. The lowest BCUT2D eigenvalue weighted by Gasteiger charge is -2.08. The highest BCUT2D eigenvalue weighted by molar-refractivity contribution is 7.12. The second-order valence-electron chi connectivity index (χ2n) is 4.91. The summed E-state index contributed by atoms with van der Waals surface area (Å²) in [5.41, 5.74) is 2.17. The van der Waals surface area contributed by atoms with Crippen LogP contribution in [0.4, 0.5) is 5.69 Å². The van der Waals surface area contributed by atoms with Gasteiger partial charge in [-0.3, -0.25) is 9.78 Å². The number of nitriles is 1. The average Bonchev–Trinajstić information content (AvgIpc) is 3.10. The number of anilines is 1. The molecule has 2 heterocycles. The summed E-state index contributed by atoms with van der Waals surface area (Å²) in [4.78, 5) is 16.8. The SMILES string of the molecule is N#Cc1ccc(COc2ccsc2C(=O)Nc2cccnc2)cc1. The summed E-state index contributed by atoms with van der Waals surface area (Å²) in [6.45, 7) is 0.329. The maximum absolute atomic E-state index is 12.3. The predicted octanol–water partition coefficient (Wildman–Crippen LogP) is 3.85. The summed E-state index contributed by atoms with van der Waals surface area (Å²) in [6, 6.07) is 14.5. The maximum Gasteiger partial charge on any atom is 0.269 e. The van der Waals surface area contributed by atoms with E-state index in [1.807, 2.05) is 17.5 Å². The Morgan fingerprint density at radius 3 is 2.79 bits per heavy atom. The van der Waals surface area contributed by atoms with Gasteiger partial charge in [0.25, 0.3) is 5.91 Å². The Hall–Kier alpha value is -3.17. The largest absolute Gasteiger partial charge is 0.487 e. The Balaban J connectivity index is 1.66. The van der Waals surface area contributed by atoms with Crippen molar-refractivity contribution in [1.29, 1.82) is 5.26 Å². The van der Waals surface area contributed by atoms with E-state index in [-0.39, 0.29) is 5.91 Å². The van der Waals surface area contributed by atoms with Crippen LogP contribution in [0.3, 0.4) is 0 Å². The molecule has 5 nitrogen and oxygen atoms in total. The molecule has 0 aliphatic carbocycles. The van der Waals surface area contributed by atoms with Crippen molar-refractivity contribution in [3.8, 4) is 11.8 Å². The highest BCUT2D eigenvalue weighted by Gasteiger charge is 2.15. The van der Waals surface area contributed by atoms with E-state index in [2.05, 4.69) is 16.4 Å². The molecule has 0 aliphatic rings. The summed E-state index contributed by atoms with van der Waals surface area (Å²) < 4.78 is 5.75. The van der Waals surface area contributed by atoms with Crippen molar-refractivity contribution >= 4 is 22.9 Å². The minimum atomic E-state index is -0.229. The van der Waals surface area contributed by atoms with Gasteiger partial charge in [0, 0.05) is 6.20 Å². The zero-order valence-electron chi connectivity index (χ0n) is 12.6. The maximum atomic E-state index is 12.3. The third-order valence-electron chi connectivity index (χ3n) is 3.23. The Morgan fingerprint density at radius 1 is 1.25 bits per heavy atom. The normalized spacial score (nSPS) is 9.96. The number of carbonyl (C=O) groups excluding carboxylic acids is 1. The van der Waals surface area contributed by atoms with Crippen LogP contribution >= 0.6 is 11.3 Å². The number of thiophene rings is 1. The van der Waals surface area contributed by atoms with Gasteiger partial charge >= 0.3 is 0 Å². The van der Waals surface area contributed by atoms with E-state index >= 15 is 0 Å². The van der Waals surface area contributed by atoms with Crippen LogP contribution in [-0.2, 0) is 6.61 Å². The van der Waals surface area contributed by atoms with Crippen molar-refractivity contribution in [1.82, 2.24) is 4.98 Å². The molecule has 1 N–H and O–H groups in total. The van der Waals surface area contributed by atoms with Crippen molar-refractivity contribution in [3.05, 3.63) is 76.2 Å². The second-order valence-corrected chi connectivity index (χ2v) is 5.82. The number of benzene rings is 1. The predicted molar refractivity (Wildman–Crippen MR) is 92.0 cm³/mol. The Kier molecular flexibility index (Phi) is 4.84. The standard InChI is InChI=1S/C18H13N3O2S/c19-10-13-3-5-14(6-4-13)12-23-16-7-9-24-17(16)18(22)21-15-2-1-8-20-11-15/h1-9,11H,12H2,(H,21,22). The van der Waals surface area contributed by atoms with Crippen LogP contribution < -0.4 is 10.1 Å². The number of amides is 1. The van der Waals surface area contributed by atoms with E-state index in [0.29, 0.717) is 28.5 Å². The number of nitrogens with zero attached hydrogens (tertiary/aromatic N) is 2. The molecule has 0 saturated heterocycles. The van der Waals surface area contributed by atoms with Crippen LogP contribution in [0.15, 0.2) is 60.2 Å². The fourth-order valence-electron chi connectivity index (χ4n) is 2.04. The second kappa shape index (κ2) is 7.40. The van der Waals surface area contributed by atoms with Gasteiger partial charge in [-0.05, 0) is 41.3 Å². The van der Waals surface area contributed by atoms with E-state index in [9.17, 15) is 4.79 Å². The first kappa shape index (κ1) is 15.7. The number of carbonyl (C=O) groups is 1. The molecule has 3 aromatic rings. The van der Waals surface area contributed by atoms with Crippen LogP contribution in [0.2, 0.25) is 0 Å². The van der Waals surface area contributed by atoms with Crippen molar-refractivity contribution in [3.63, 3.8) is 0 Å². The highest BCUT2D eigenvalue weighted by atomic mass is 32.1. The van der Waals surface area contributed by atoms with Gasteiger partial charge in [-0.2, -0.15) is 5.26 Å². The number of nitrogens with one attached hydrogen (secondary N) is 1. The van der Waals surface area contributed by atoms with Gasteiger partial charge in [0.1, 0.15) is 17.2 Å². The molecule has 0 unspecified atom stereocenters. The molecule has 0 radical (unpaired) electrons. The van der Waals surface area contributed by atoms with Crippen molar-refractivity contribution in [2.45, 2.75) is 6.61 Å². The van der Waals surface area contributed by atoms with Crippen LogP contribution in [0, 0.1) is 11.3 Å². The topological polar surface area (TPSA) is 75.0 Å². The third kappa shape index (κ3) is 3.77. The average molecular weight is 335 g/mol. The minimum Gasteiger partial charge on any atom is -0.487 e. The number of aromatic nitrogens is 1. The Bertz CT molecular complexity index is 867. The Labute approximate surface area is 143 Å². The molecule has 0 bridgehead atoms. The van der Waals surface area contributed by atoms with Gasteiger partial charge in [-0.1, -0.05) is 12.1 Å². The third-order valence-corrected chi connectivity index (χ3v) is 4.13. The van der Waals surface area contributed by atoms with Crippen LogP contribution in [0.25, 0.3) is 0 Å². The summed E-state index contributed by atoms with van der Waals surface area (Å²) in [5.74, 6) is 0.304. The number of pyridine rings is 1. The molecule has 3 rings (SSSR count). The van der Waals surface area contributed by atoms with Crippen LogP contribution in [0.1, 0.15) is 20.8 Å². The molecule has 6 heteroatoms. The minimum absolute atomic E-state index is 0.229. The smallest absolute Gasteiger partial charge is 0.269 e. The van der Waals surface area contributed by atoms with Gasteiger partial charge in [-0.25, -0.2) is 0 Å². The fraction of sp³-hybridized carbons (Fsp3) is 0.0556. The van der Waals surface area contributed by atoms with Crippen molar-refractivity contribution in [2.75, 3.05) is 5.32 Å². The van der Waals surface area contributed by atoms with Crippen molar-refractivity contribution in [2.24, 2.45) is 0 Å². The summed E-state index contributed by atoms with van der Waals surface area (Å²) in [7, 11) is 0. The molecule has 2 aromatic heterocycles. The van der Waals surface area contributed by atoms with E-state index in [1.54, 1.807) is 42.7 Å². The lowest BCUT2D eigenvalue weighted by atomic mass is 10.2. The van der Waals surface area contributed by atoms with E-state index < -0.39 is 0 Å². The van der Waals surface area contributed by atoms with Gasteiger partial charge in [-0.15, -0.1) is 11.3 Å². The lowest BCUT2D eigenvalue weighted by Crippen LogP contribution is -2.11. The van der Waals surface area contributed by atoms with Crippen LogP contribution in [0.5, 0.6) is 5.75 Å². The molecule has 0 atom stereocenters. The lowest BCUT2D eigenvalue weighted by molar-refractivity contribution is 0.102. The molecule has 118 valence electrons. The molecule has 0 fully saturated rings. The number of hydrogen-bond acceptors (Lipinski definition) is 5. The van der Waals surface area contributed by atoms with Crippen LogP contribution in [-0.4, -0.2) is 10.9 Å². The Morgan fingerprint density at radius 2 is 2.08 bits per heavy atom.